The van der Waals surface area contributed by atoms with Gasteiger partial charge < -0.3 is 0 Å². The lowest BCUT2D eigenvalue weighted by atomic mass is 10.1. The molecule has 0 aliphatic rings. The van der Waals surface area contributed by atoms with Crippen LogP contribution < -0.4 is 16.7 Å². The van der Waals surface area contributed by atoms with Gasteiger partial charge in [-0.25, -0.2) is 9.47 Å². The summed E-state index contributed by atoms with van der Waals surface area (Å²) in [5.74, 6) is 0. The molecular weight excluding hydrogens is 280 g/mol. The molecular formula is C13H11ClN4O2. The molecule has 0 amide bonds. The molecule has 1 aromatic carbocycles. The predicted octanol–water partition coefficient (Wildman–Crippen LogP) is 1.55. The van der Waals surface area contributed by atoms with E-state index in [0.29, 0.717) is 10.7 Å². The number of rotatable bonds is 2. The van der Waals surface area contributed by atoms with E-state index in [2.05, 4.69) is 10.4 Å². The maximum Gasteiger partial charge on any atom is 0.347 e. The van der Waals surface area contributed by atoms with E-state index >= 15 is 0 Å². The Morgan fingerprint density at radius 3 is 2.70 bits per heavy atom. The van der Waals surface area contributed by atoms with Gasteiger partial charge in [-0.3, -0.25) is 15.2 Å². The Balaban J connectivity index is 2.57. The fourth-order valence-corrected chi connectivity index (χ4v) is 1.91. The number of aromatic nitrogens is 2. The summed E-state index contributed by atoms with van der Waals surface area (Å²) in [6, 6.07) is 5.28. The molecule has 0 aliphatic heterocycles. The van der Waals surface area contributed by atoms with E-state index in [9.17, 15) is 9.59 Å². The van der Waals surface area contributed by atoms with Crippen LogP contribution in [0.15, 0.2) is 27.9 Å². The Kier molecular flexibility index (Phi) is 3.63. The van der Waals surface area contributed by atoms with E-state index in [1.54, 1.807) is 25.1 Å². The topological polar surface area (TPSA) is 90.7 Å². The zero-order valence-electron chi connectivity index (χ0n) is 10.8. The molecule has 102 valence electrons. The number of halogens is 1. The summed E-state index contributed by atoms with van der Waals surface area (Å²) in [5, 5.41) is 9.37. The Labute approximate surface area is 119 Å². The van der Waals surface area contributed by atoms with Gasteiger partial charge in [0.05, 0.1) is 11.9 Å². The highest BCUT2D eigenvalue weighted by Gasteiger charge is 2.09. The number of aryl methyl sites for hydroxylation is 1. The minimum atomic E-state index is -0.713. The number of hydrogen-bond donors (Lipinski definition) is 2. The van der Waals surface area contributed by atoms with Crippen LogP contribution in [0.3, 0.4) is 0 Å². The van der Waals surface area contributed by atoms with Crippen LogP contribution in [0.5, 0.6) is 0 Å². The summed E-state index contributed by atoms with van der Waals surface area (Å²) in [7, 11) is 0. The Hall–Kier alpha value is -2.52. The van der Waals surface area contributed by atoms with Gasteiger partial charge in [0.15, 0.2) is 0 Å². The normalized spacial score (nSPS) is 10.1. The minimum absolute atomic E-state index is 0.158. The van der Waals surface area contributed by atoms with E-state index in [4.69, 9.17) is 16.9 Å². The molecule has 0 radical (unpaired) electrons. The van der Waals surface area contributed by atoms with Gasteiger partial charge in [0.1, 0.15) is 11.6 Å². The smallest absolute Gasteiger partial charge is 0.290 e. The number of anilines is 1. The summed E-state index contributed by atoms with van der Waals surface area (Å²) in [4.78, 5) is 25.1. The number of benzene rings is 1. The molecule has 0 saturated heterocycles. The monoisotopic (exact) mass is 290 g/mol. The van der Waals surface area contributed by atoms with Gasteiger partial charge in [-0.1, -0.05) is 17.7 Å². The molecule has 0 fully saturated rings. The number of H-pyrrole nitrogens is 1. The summed E-state index contributed by atoms with van der Waals surface area (Å²) in [6.07, 6.45) is 1.15. The van der Waals surface area contributed by atoms with Crippen molar-refractivity contribution in [3.63, 3.8) is 0 Å². The number of hydrogen-bond acceptors (Lipinski definition) is 4. The molecule has 2 rings (SSSR count). The summed E-state index contributed by atoms with van der Waals surface area (Å²) in [5.41, 5.74) is 3.61. The van der Waals surface area contributed by atoms with Crippen molar-refractivity contribution < 1.29 is 0 Å². The molecule has 0 saturated carbocycles. The van der Waals surface area contributed by atoms with Gasteiger partial charge in [0, 0.05) is 5.02 Å². The maximum atomic E-state index is 11.7. The molecule has 2 aromatic rings. The second-order valence-corrected chi connectivity index (χ2v) is 4.67. The maximum absolute atomic E-state index is 11.7. The van der Waals surface area contributed by atoms with Gasteiger partial charge in [0.25, 0.3) is 5.56 Å². The average Bonchev–Trinajstić information content (AvgIpc) is 2.41. The fourth-order valence-electron chi connectivity index (χ4n) is 1.75. The number of nitriles is 1. The van der Waals surface area contributed by atoms with Crippen molar-refractivity contribution in [3.8, 4) is 6.07 Å². The van der Waals surface area contributed by atoms with Gasteiger partial charge in [0.2, 0.25) is 0 Å². The molecule has 1 heterocycles. The van der Waals surface area contributed by atoms with Crippen molar-refractivity contribution in [1.82, 2.24) is 9.66 Å². The van der Waals surface area contributed by atoms with Crippen LogP contribution in [0.4, 0.5) is 5.69 Å². The average molecular weight is 291 g/mol. The highest BCUT2D eigenvalue weighted by molar-refractivity contribution is 6.31. The van der Waals surface area contributed by atoms with Crippen molar-refractivity contribution in [2.24, 2.45) is 0 Å². The quantitative estimate of drug-likeness (QED) is 0.878. The summed E-state index contributed by atoms with van der Waals surface area (Å²) >= 11 is 6.04. The first-order valence-electron chi connectivity index (χ1n) is 5.73. The van der Waals surface area contributed by atoms with E-state index in [1.165, 1.54) is 0 Å². The zero-order chi connectivity index (χ0) is 14.9. The SMILES string of the molecule is Cc1ccc(Cl)c(C)c1Nn1cc(C#N)c(=O)[nH]c1=O. The van der Waals surface area contributed by atoms with Gasteiger partial charge in [-0.2, -0.15) is 5.26 Å². The standard InChI is InChI=1S/C13H11ClN4O2/c1-7-3-4-10(14)8(2)11(7)17-18-6-9(5-15)12(19)16-13(18)20/h3-4,6,17H,1-2H3,(H,16,19,20). The van der Waals surface area contributed by atoms with Gasteiger partial charge in [-0.05, 0) is 31.0 Å². The molecule has 0 bridgehead atoms. The third kappa shape index (κ3) is 2.44. The lowest BCUT2D eigenvalue weighted by Crippen LogP contribution is -2.35. The van der Waals surface area contributed by atoms with Crippen LogP contribution >= 0.6 is 11.6 Å². The first kappa shape index (κ1) is 13.9. The first-order chi connectivity index (χ1) is 9.43. The lowest BCUT2D eigenvalue weighted by molar-refractivity contribution is 0.823. The molecule has 7 heteroatoms. The van der Waals surface area contributed by atoms with E-state index in [-0.39, 0.29) is 5.56 Å². The second kappa shape index (κ2) is 5.23. The first-order valence-corrected chi connectivity index (χ1v) is 6.10. The Bertz CT molecular complexity index is 830. The van der Waals surface area contributed by atoms with E-state index in [0.717, 1.165) is 22.0 Å². The van der Waals surface area contributed by atoms with Crippen LogP contribution in [0, 0.1) is 25.2 Å². The molecule has 0 atom stereocenters. The molecule has 0 aliphatic carbocycles. The molecule has 0 unspecified atom stereocenters. The van der Waals surface area contributed by atoms with Crippen LogP contribution in [0.2, 0.25) is 5.02 Å². The van der Waals surface area contributed by atoms with Crippen LogP contribution in [0.1, 0.15) is 16.7 Å². The van der Waals surface area contributed by atoms with Gasteiger partial charge in [-0.15, -0.1) is 0 Å². The zero-order valence-corrected chi connectivity index (χ0v) is 11.6. The highest BCUT2D eigenvalue weighted by Crippen LogP contribution is 2.26. The van der Waals surface area contributed by atoms with Crippen LogP contribution in [0.25, 0.3) is 0 Å². The van der Waals surface area contributed by atoms with Crippen molar-refractivity contribution in [2.75, 3.05) is 5.43 Å². The Morgan fingerprint density at radius 2 is 2.05 bits per heavy atom. The summed E-state index contributed by atoms with van der Waals surface area (Å²) in [6.45, 7) is 3.66. The third-order valence-corrected chi connectivity index (χ3v) is 3.31. The molecule has 0 spiro atoms. The van der Waals surface area contributed by atoms with Crippen molar-refractivity contribution in [3.05, 3.63) is 60.9 Å². The summed E-state index contributed by atoms with van der Waals surface area (Å²) < 4.78 is 1.05. The number of nitrogens with one attached hydrogen (secondary N) is 2. The van der Waals surface area contributed by atoms with Crippen molar-refractivity contribution in [1.29, 1.82) is 5.26 Å². The fraction of sp³-hybridized carbons (Fsp3) is 0.154. The molecule has 1 aromatic heterocycles. The van der Waals surface area contributed by atoms with Crippen LogP contribution in [-0.2, 0) is 0 Å². The van der Waals surface area contributed by atoms with E-state index in [1.807, 2.05) is 6.92 Å². The van der Waals surface area contributed by atoms with Gasteiger partial charge >= 0.3 is 5.69 Å². The Morgan fingerprint density at radius 1 is 1.35 bits per heavy atom. The van der Waals surface area contributed by atoms with Crippen molar-refractivity contribution in [2.45, 2.75) is 13.8 Å². The molecule has 20 heavy (non-hydrogen) atoms. The van der Waals surface area contributed by atoms with Crippen LogP contribution in [-0.4, -0.2) is 9.66 Å². The largest absolute Gasteiger partial charge is 0.347 e. The third-order valence-electron chi connectivity index (χ3n) is 2.90. The highest BCUT2D eigenvalue weighted by atomic mass is 35.5. The van der Waals surface area contributed by atoms with Crippen molar-refractivity contribution >= 4 is 17.3 Å². The number of nitrogens with zero attached hydrogens (tertiary/aromatic N) is 2. The molecule has 6 nitrogen and oxygen atoms in total. The second-order valence-electron chi connectivity index (χ2n) is 4.26. The lowest BCUT2D eigenvalue weighted by Gasteiger charge is -2.15. The molecule has 2 N–H and O–H groups in total. The number of aromatic amines is 1. The predicted molar refractivity (Wildman–Crippen MR) is 76.0 cm³/mol. The minimum Gasteiger partial charge on any atom is -0.290 e. The van der Waals surface area contributed by atoms with E-state index < -0.39 is 11.2 Å².